The first-order valence-electron chi connectivity index (χ1n) is 8.88. The van der Waals surface area contributed by atoms with Crippen LogP contribution in [0.25, 0.3) is 0 Å². The minimum atomic E-state index is -1.47. The molecule has 1 fully saturated rings. The fourth-order valence-electron chi connectivity index (χ4n) is 3.01. The van der Waals surface area contributed by atoms with E-state index in [0.29, 0.717) is 19.8 Å². The van der Waals surface area contributed by atoms with Gasteiger partial charge in [-0.05, 0) is 31.5 Å². The number of nitrogens with zero attached hydrogens (tertiary/aromatic N) is 1. The summed E-state index contributed by atoms with van der Waals surface area (Å²) in [5.41, 5.74) is 1.79. The maximum absolute atomic E-state index is 12.8. The van der Waals surface area contributed by atoms with E-state index in [4.69, 9.17) is 9.47 Å². The summed E-state index contributed by atoms with van der Waals surface area (Å²) in [6.45, 7) is 8.32. The maximum atomic E-state index is 12.8. The number of fused-ring (bicyclic) bond motifs is 1. The number of rotatable bonds is 6. The molecule has 2 N–H and O–H groups in total. The zero-order valence-electron chi connectivity index (χ0n) is 15.2. The predicted molar refractivity (Wildman–Crippen MR) is 100 cm³/mol. The van der Waals surface area contributed by atoms with Crippen LogP contribution in [0.1, 0.15) is 12.5 Å². The normalized spacial score (nSPS) is 23.2. The number of ether oxygens (including phenoxy) is 2. The quantitative estimate of drug-likeness (QED) is 0.568. The zero-order valence-corrected chi connectivity index (χ0v) is 16.0. The molecule has 0 saturated carbocycles. The predicted octanol–water partition coefficient (Wildman–Crippen LogP) is 1.22. The van der Waals surface area contributed by atoms with Crippen molar-refractivity contribution in [2.45, 2.75) is 23.6 Å². The van der Waals surface area contributed by atoms with E-state index in [-0.39, 0.29) is 12.5 Å². The average Bonchev–Trinajstić information content (AvgIpc) is 2.63. The van der Waals surface area contributed by atoms with Crippen molar-refractivity contribution in [2.24, 2.45) is 0 Å². The van der Waals surface area contributed by atoms with Gasteiger partial charge in [0.1, 0.15) is 0 Å². The maximum Gasteiger partial charge on any atom is 0.347 e. The van der Waals surface area contributed by atoms with Crippen LogP contribution in [0.5, 0.6) is 0 Å². The van der Waals surface area contributed by atoms with Gasteiger partial charge in [0.2, 0.25) is 4.87 Å². The largest absolute Gasteiger partial charge is 0.464 e. The Balaban J connectivity index is 1.77. The molecule has 0 unspecified atom stereocenters. The van der Waals surface area contributed by atoms with Crippen LogP contribution in [-0.2, 0) is 19.1 Å². The van der Waals surface area contributed by atoms with Crippen LogP contribution in [0.2, 0.25) is 0 Å². The van der Waals surface area contributed by atoms with Crippen LogP contribution < -0.4 is 10.6 Å². The molecule has 26 heavy (non-hydrogen) atoms. The van der Waals surface area contributed by atoms with E-state index < -0.39 is 10.8 Å². The number of amides is 1. The van der Waals surface area contributed by atoms with Crippen molar-refractivity contribution in [1.29, 1.82) is 0 Å². The highest BCUT2D eigenvalue weighted by Gasteiger charge is 2.51. The van der Waals surface area contributed by atoms with E-state index in [0.717, 1.165) is 35.8 Å². The lowest BCUT2D eigenvalue weighted by atomic mass is 10.2. The van der Waals surface area contributed by atoms with E-state index in [1.807, 2.05) is 25.1 Å². The molecule has 8 heteroatoms. The molecule has 0 radical (unpaired) electrons. The third-order valence-corrected chi connectivity index (χ3v) is 5.80. The van der Waals surface area contributed by atoms with Gasteiger partial charge in [0.15, 0.2) is 0 Å². The van der Waals surface area contributed by atoms with Gasteiger partial charge >= 0.3 is 5.97 Å². The molecule has 1 saturated heterocycles. The van der Waals surface area contributed by atoms with E-state index in [1.54, 1.807) is 6.92 Å². The highest BCUT2D eigenvalue weighted by Crippen LogP contribution is 2.42. The van der Waals surface area contributed by atoms with Crippen molar-refractivity contribution < 1.29 is 19.1 Å². The Hall–Kier alpha value is -1.61. The molecule has 1 atom stereocenters. The standard InChI is InChI=1S/C18H25N3O4S/c1-3-25-17(23)18(19-6-7-21-8-10-24-11-9-21)16(22)20-14-5-4-13(2)12-15(14)26-18/h4-5,12,19H,3,6-11H2,1-2H3,(H,20,22)/t18-/m0/s1. The Morgan fingerprint density at radius 1 is 1.42 bits per heavy atom. The van der Waals surface area contributed by atoms with Crippen LogP contribution in [0, 0.1) is 6.92 Å². The number of esters is 1. The summed E-state index contributed by atoms with van der Waals surface area (Å²) >= 11 is 1.22. The second-order valence-corrected chi connectivity index (χ2v) is 7.59. The third kappa shape index (κ3) is 4.03. The molecule has 2 aliphatic heterocycles. The Bertz CT molecular complexity index is 678. The molecular weight excluding hydrogens is 354 g/mol. The van der Waals surface area contributed by atoms with Crippen LogP contribution in [0.4, 0.5) is 5.69 Å². The summed E-state index contributed by atoms with van der Waals surface area (Å²) in [6, 6.07) is 5.76. The van der Waals surface area contributed by atoms with Crippen molar-refractivity contribution in [1.82, 2.24) is 10.2 Å². The van der Waals surface area contributed by atoms with Crippen molar-refractivity contribution >= 4 is 29.3 Å². The fourth-order valence-corrected chi connectivity index (χ4v) is 4.27. The molecule has 1 aromatic carbocycles. The van der Waals surface area contributed by atoms with Crippen LogP contribution in [0.15, 0.2) is 23.1 Å². The number of hydrogen-bond acceptors (Lipinski definition) is 7. The molecule has 0 aliphatic carbocycles. The van der Waals surface area contributed by atoms with E-state index >= 15 is 0 Å². The summed E-state index contributed by atoms with van der Waals surface area (Å²) in [6.07, 6.45) is 0. The number of benzene rings is 1. The summed E-state index contributed by atoms with van der Waals surface area (Å²) < 4.78 is 10.6. The Kier molecular flexibility index (Phi) is 6.18. The minimum absolute atomic E-state index is 0.222. The molecule has 7 nitrogen and oxygen atoms in total. The lowest BCUT2D eigenvalue weighted by molar-refractivity contribution is -0.150. The molecule has 142 valence electrons. The van der Waals surface area contributed by atoms with Gasteiger partial charge in [-0.1, -0.05) is 17.8 Å². The monoisotopic (exact) mass is 379 g/mol. The molecule has 2 heterocycles. The van der Waals surface area contributed by atoms with Gasteiger partial charge in [-0.25, -0.2) is 4.79 Å². The number of carbonyl (C=O) groups excluding carboxylic acids is 2. The number of anilines is 1. The zero-order chi connectivity index (χ0) is 18.6. The number of carbonyl (C=O) groups is 2. The van der Waals surface area contributed by atoms with Gasteiger partial charge in [-0.3, -0.25) is 15.0 Å². The lowest BCUT2D eigenvalue weighted by Crippen LogP contribution is -2.61. The van der Waals surface area contributed by atoms with Gasteiger partial charge in [0, 0.05) is 31.1 Å². The van der Waals surface area contributed by atoms with Gasteiger partial charge in [0.05, 0.1) is 25.5 Å². The molecule has 2 aliphatic rings. The van der Waals surface area contributed by atoms with Gasteiger partial charge in [-0.2, -0.15) is 0 Å². The van der Waals surface area contributed by atoms with Gasteiger partial charge < -0.3 is 14.8 Å². The smallest absolute Gasteiger partial charge is 0.347 e. The highest BCUT2D eigenvalue weighted by molar-refractivity contribution is 8.02. The summed E-state index contributed by atoms with van der Waals surface area (Å²) in [5, 5.41) is 6.02. The second-order valence-electron chi connectivity index (χ2n) is 6.34. The molecule has 3 rings (SSSR count). The number of nitrogens with one attached hydrogen (secondary N) is 2. The first kappa shape index (κ1) is 19.2. The lowest BCUT2D eigenvalue weighted by Gasteiger charge is -2.35. The highest BCUT2D eigenvalue weighted by atomic mass is 32.2. The number of aryl methyl sites for hydroxylation is 1. The molecule has 0 bridgehead atoms. The second kappa shape index (κ2) is 8.39. The van der Waals surface area contributed by atoms with Gasteiger partial charge in [0.25, 0.3) is 5.91 Å². The molecule has 1 aromatic rings. The first-order valence-corrected chi connectivity index (χ1v) is 9.70. The average molecular weight is 379 g/mol. The SMILES string of the molecule is CCOC(=O)[C@@]1(NCCN2CCOCC2)Sc2cc(C)ccc2NC1=O. The Morgan fingerprint density at radius 3 is 2.92 bits per heavy atom. The van der Waals surface area contributed by atoms with Crippen LogP contribution in [0.3, 0.4) is 0 Å². The minimum Gasteiger partial charge on any atom is -0.464 e. The fraction of sp³-hybridized carbons (Fsp3) is 0.556. The molecule has 0 spiro atoms. The number of thioether (sulfide) groups is 1. The van der Waals surface area contributed by atoms with Crippen LogP contribution >= 0.6 is 11.8 Å². The van der Waals surface area contributed by atoms with Crippen molar-refractivity contribution in [3.63, 3.8) is 0 Å². The third-order valence-electron chi connectivity index (χ3n) is 4.44. The summed E-state index contributed by atoms with van der Waals surface area (Å²) in [7, 11) is 0. The van der Waals surface area contributed by atoms with E-state index in [1.165, 1.54) is 11.8 Å². The molecular formula is C18H25N3O4S. The molecule has 0 aromatic heterocycles. The van der Waals surface area contributed by atoms with Crippen molar-refractivity contribution in [2.75, 3.05) is 51.3 Å². The van der Waals surface area contributed by atoms with E-state index in [2.05, 4.69) is 15.5 Å². The molecule has 1 amide bonds. The Labute approximate surface area is 157 Å². The first-order chi connectivity index (χ1) is 12.5. The topological polar surface area (TPSA) is 79.9 Å². The summed E-state index contributed by atoms with van der Waals surface area (Å²) in [5.74, 6) is -0.948. The van der Waals surface area contributed by atoms with E-state index in [9.17, 15) is 9.59 Å². The number of morpholine rings is 1. The van der Waals surface area contributed by atoms with Crippen LogP contribution in [-0.4, -0.2) is 67.6 Å². The number of hydrogen-bond donors (Lipinski definition) is 2. The van der Waals surface area contributed by atoms with Crippen molar-refractivity contribution in [3.05, 3.63) is 23.8 Å². The summed E-state index contributed by atoms with van der Waals surface area (Å²) in [4.78, 5) is 27.2. The van der Waals surface area contributed by atoms with Crippen molar-refractivity contribution in [3.8, 4) is 0 Å². The Morgan fingerprint density at radius 2 is 2.19 bits per heavy atom. The van der Waals surface area contributed by atoms with Gasteiger partial charge in [-0.15, -0.1) is 0 Å².